The van der Waals surface area contributed by atoms with E-state index in [1.807, 2.05) is 12.1 Å². The number of rotatable bonds is 5. The fraction of sp³-hybridized carbons (Fsp3) is 0.182. The number of thioether (sulfide) groups is 1. The zero-order valence-corrected chi connectivity index (χ0v) is 12.2. The standard InChI is InChI=1S/C11H12BrNO2S.ClH/c12-9-1-3-10(4-2-9)15-11(14)5-7-16-8-6-13;/h1-5,7H,6,8,13H2;1H/b7-5+;. The largest absolute Gasteiger partial charge is 0.423 e. The van der Waals surface area contributed by atoms with Gasteiger partial charge in [0.15, 0.2) is 0 Å². The topological polar surface area (TPSA) is 52.3 Å². The van der Waals surface area contributed by atoms with Crippen LogP contribution in [0.5, 0.6) is 5.75 Å². The van der Waals surface area contributed by atoms with Gasteiger partial charge in [0, 0.05) is 22.8 Å². The molecule has 0 saturated carbocycles. The molecular weight excluding hydrogens is 326 g/mol. The molecule has 17 heavy (non-hydrogen) atoms. The fourth-order valence-electron chi connectivity index (χ4n) is 0.893. The van der Waals surface area contributed by atoms with E-state index in [1.165, 1.54) is 17.8 Å². The summed E-state index contributed by atoms with van der Waals surface area (Å²) in [7, 11) is 0. The first-order valence-corrected chi connectivity index (χ1v) is 6.52. The highest BCUT2D eigenvalue weighted by Gasteiger charge is 1.99. The van der Waals surface area contributed by atoms with Gasteiger partial charge in [0.2, 0.25) is 0 Å². The minimum absolute atomic E-state index is 0. The van der Waals surface area contributed by atoms with E-state index in [4.69, 9.17) is 10.5 Å². The summed E-state index contributed by atoms with van der Waals surface area (Å²) in [6.45, 7) is 0.594. The molecule has 3 nitrogen and oxygen atoms in total. The number of nitrogens with two attached hydrogens (primary N) is 1. The van der Waals surface area contributed by atoms with Crippen LogP contribution in [0.3, 0.4) is 0 Å². The minimum atomic E-state index is -0.383. The molecule has 1 aromatic carbocycles. The van der Waals surface area contributed by atoms with Crippen molar-refractivity contribution in [3.8, 4) is 5.75 Å². The van der Waals surface area contributed by atoms with Crippen LogP contribution in [0.2, 0.25) is 0 Å². The zero-order chi connectivity index (χ0) is 11.8. The van der Waals surface area contributed by atoms with Gasteiger partial charge in [0.25, 0.3) is 0 Å². The van der Waals surface area contributed by atoms with Crippen molar-refractivity contribution in [2.75, 3.05) is 12.3 Å². The summed E-state index contributed by atoms with van der Waals surface area (Å²) in [5.74, 6) is 0.940. The molecular formula is C11H13BrClNO2S. The molecule has 2 N–H and O–H groups in total. The van der Waals surface area contributed by atoms with Crippen LogP contribution < -0.4 is 10.5 Å². The van der Waals surface area contributed by atoms with Crippen LogP contribution in [0.4, 0.5) is 0 Å². The van der Waals surface area contributed by atoms with Crippen molar-refractivity contribution >= 4 is 46.1 Å². The van der Waals surface area contributed by atoms with E-state index in [9.17, 15) is 4.79 Å². The van der Waals surface area contributed by atoms with Crippen LogP contribution >= 0.6 is 40.1 Å². The molecule has 0 unspecified atom stereocenters. The SMILES string of the molecule is Cl.NCCS/C=C/C(=O)Oc1ccc(Br)cc1. The summed E-state index contributed by atoms with van der Waals surface area (Å²) in [5, 5.41) is 1.69. The highest BCUT2D eigenvalue weighted by molar-refractivity contribution is 9.10. The van der Waals surface area contributed by atoms with Crippen molar-refractivity contribution in [1.82, 2.24) is 0 Å². The summed E-state index contributed by atoms with van der Waals surface area (Å²) in [6, 6.07) is 7.08. The van der Waals surface area contributed by atoms with Crippen molar-refractivity contribution in [1.29, 1.82) is 0 Å². The maximum absolute atomic E-state index is 11.3. The Morgan fingerprint density at radius 2 is 2.06 bits per heavy atom. The lowest BCUT2D eigenvalue weighted by Crippen LogP contribution is -2.03. The van der Waals surface area contributed by atoms with Crippen LogP contribution in [-0.2, 0) is 4.79 Å². The Bertz CT molecular complexity index is 370. The number of hydrogen-bond donors (Lipinski definition) is 1. The maximum Gasteiger partial charge on any atom is 0.336 e. The summed E-state index contributed by atoms with van der Waals surface area (Å²) >= 11 is 4.78. The van der Waals surface area contributed by atoms with Gasteiger partial charge in [-0.3, -0.25) is 0 Å². The third kappa shape index (κ3) is 7.44. The zero-order valence-electron chi connectivity index (χ0n) is 8.97. The quantitative estimate of drug-likeness (QED) is 0.388. The van der Waals surface area contributed by atoms with Crippen LogP contribution in [-0.4, -0.2) is 18.3 Å². The van der Waals surface area contributed by atoms with Crippen molar-refractivity contribution in [3.63, 3.8) is 0 Å². The molecule has 0 aliphatic rings. The average molecular weight is 339 g/mol. The number of carbonyl (C=O) groups excluding carboxylic acids is 1. The van der Waals surface area contributed by atoms with E-state index in [0.717, 1.165) is 10.2 Å². The van der Waals surface area contributed by atoms with E-state index < -0.39 is 0 Å². The highest BCUT2D eigenvalue weighted by atomic mass is 79.9. The lowest BCUT2D eigenvalue weighted by atomic mass is 10.3. The molecule has 0 spiro atoms. The Balaban J connectivity index is 0.00000256. The third-order valence-corrected chi connectivity index (χ3v) is 2.90. The van der Waals surface area contributed by atoms with Gasteiger partial charge < -0.3 is 10.5 Å². The van der Waals surface area contributed by atoms with E-state index in [-0.39, 0.29) is 18.4 Å². The van der Waals surface area contributed by atoms with Gasteiger partial charge in [-0.1, -0.05) is 15.9 Å². The van der Waals surface area contributed by atoms with Gasteiger partial charge in [0.05, 0.1) is 0 Å². The second-order valence-electron chi connectivity index (χ2n) is 2.84. The molecule has 0 radical (unpaired) electrons. The first kappa shape index (κ1) is 16.5. The first-order chi connectivity index (χ1) is 7.72. The smallest absolute Gasteiger partial charge is 0.336 e. The lowest BCUT2D eigenvalue weighted by molar-refractivity contribution is -0.128. The van der Waals surface area contributed by atoms with E-state index in [1.54, 1.807) is 17.5 Å². The lowest BCUT2D eigenvalue weighted by Gasteiger charge is -2.00. The Morgan fingerprint density at radius 3 is 2.65 bits per heavy atom. The molecule has 0 heterocycles. The Morgan fingerprint density at radius 1 is 1.41 bits per heavy atom. The number of carbonyl (C=O) groups is 1. The van der Waals surface area contributed by atoms with Gasteiger partial charge in [-0.2, -0.15) is 0 Å². The van der Waals surface area contributed by atoms with Crippen molar-refractivity contribution in [2.45, 2.75) is 0 Å². The number of esters is 1. The van der Waals surface area contributed by atoms with E-state index in [0.29, 0.717) is 12.3 Å². The van der Waals surface area contributed by atoms with Gasteiger partial charge >= 0.3 is 5.97 Å². The summed E-state index contributed by atoms with van der Waals surface area (Å²) in [4.78, 5) is 11.3. The van der Waals surface area contributed by atoms with Crippen molar-refractivity contribution in [2.24, 2.45) is 5.73 Å². The predicted octanol–water partition coefficient (Wildman–Crippen LogP) is 2.98. The van der Waals surface area contributed by atoms with Gasteiger partial charge in [0.1, 0.15) is 5.75 Å². The molecule has 0 saturated heterocycles. The number of benzene rings is 1. The summed E-state index contributed by atoms with van der Waals surface area (Å²) < 4.78 is 6.00. The van der Waals surface area contributed by atoms with Crippen LogP contribution in [0.25, 0.3) is 0 Å². The highest BCUT2D eigenvalue weighted by Crippen LogP contribution is 2.16. The molecule has 0 amide bonds. The normalized spacial score (nSPS) is 10.0. The maximum atomic E-state index is 11.3. The monoisotopic (exact) mass is 337 g/mol. The van der Waals surface area contributed by atoms with Crippen LogP contribution in [0.1, 0.15) is 0 Å². The molecule has 0 aromatic heterocycles. The fourth-order valence-corrected chi connectivity index (χ4v) is 1.64. The second kappa shape index (κ2) is 9.53. The molecule has 1 aromatic rings. The van der Waals surface area contributed by atoms with Crippen molar-refractivity contribution in [3.05, 3.63) is 40.2 Å². The molecule has 0 atom stereocenters. The molecule has 6 heteroatoms. The van der Waals surface area contributed by atoms with Crippen LogP contribution in [0.15, 0.2) is 40.2 Å². The number of hydrogen-bond acceptors (Lipinski definition) is 4. The number of ether oxygens (including phenoxy) is 1. The van der Waals surface area contributed by atoms with Gasteiger partial charge in [-0.15, -0.1) is 24.2 Å². The van der Waals surface area contributed by atoms with E-state index in [2.05, 4.69) is 15.9 Å². The van der Waals surface area contributed by atoms with Crippen LogP contribution in [0, 0.1) is 0 Å². The molecule has 1 rings (SSSR count). The average Bonchev–Trinajstić information content (AvgIpc) is 2.28. The summed E-state index contributed by atoms with van der Waals surface area (Å²) in [5.41, 5.74) is 5.31. The Labute approximate surface area is 119 Å². The third-order valence-electron chi connectivity index (χ3n) is 1.57. The molecule has 0 bridgehead atoms. The van der Waals surface area contributed by atoms with Crippen molar-refractivity contribution < 1.29 is 9.53 Å². The number of halogens is 2. The van der Waals surface area contributed by atoms with Gasteiger partial charge in [-0.25, -0.2) is 4.79 Å². The second-order valence-corrected chi connectivity index (χ2v) is 4.77. The Kier molecular flexibility index (Phi) is 9.26. The summed E-state index contributed by atoms with van der Waals surface area (Å²) in [6.07, 6.45) is 1.39. The minimum Gasteiger partial charge on any atom is -0.423 e. The predicted molar refractivity (Wildman–Crippen MR) is 77.7 cm³/mol. The molecule has 0 aliphatic heterocycles. The molecule has 0 aliphatic carbocycles. The van der Waals surface area contributed by atoms with E-state index >= 15 is 0 Å². The van der Waals surface area contributed by atoms with Gasteiger partial charge in [-0.05, 0) is 29.7 Å². The molecule has 0 fully saturated rings. The Hall–Kier alpha value is -0.490. The first-order valence-electron chi connectivity index (χ1n) is 4.68. The molecule has 94 valence electrons.